The molecule has 1 aliphatic rings. The Kier molecular flexibility index (Phi) is 5.64. The van der Waals surface area contributed by atoms with E-state index < -0.39 is 0 Å². The minimum Gasteiger partial charge on any atom is -0.341 e. The van der Waals surface area contributed by atoms with Gasteiger partial charge >= 0.3 is 0 Å². The molecule has 2 N–H and O–H groups in total. The Bertz CT molecular complexity index is 274. The summed E-state index contributed by atoms with van der Waals surface area (Å²) in [4.78, 5) is 14.3. The number of carbonyl (C=O) groups is 1. The van der Waals surface area contributed by atoms with E-state index in [0.29, 0.717) is 11.3 Å². The van der Waals surface area contributed by atoms with Crippen LogP contribution in [0.25, 0.3) is 0 Å². The maximum atomic E-state index is 12.3. The van der Waals surface area contributed by atoms with Crippen LogP contribution in [0.2, 0.25) is 0 Å². The van der Waals surface area contributed by atoms with Crippen LogP contribution < -0.4 is 5.73 Å². The Morgan fingerprint density at radius 2 is 2.11 bits per heavy atom. The molecule has 1 amide bonds. The molecule has 0 bridgehead atoms. The maximum absolute atomic E-state index is 12.3. The predicted octanol–water partition coefficient (Wildman–Crippen LogP) is 2.79. The number of hydrogen-bond acceptors (Lipinski definition) is 2. The Balaban J connectivity index is 2.58. The van der Waals surface area contributed by atoms with Crippen LogP contribution in [0.4, 0.5) is 0 Å². The zero-order chi connectivity index (χ0) is 13.8. The van der Waals surface area contributed by atoms with Crippen molar-refractivity contribution in [3.8, 4) is 0 Å². The van der Waals surface area contributed by atoms with Gasteiger partial charge in [-0.05, 0) is 37.0 Å². The third-order valence-corrected chi connectivity index (χ3v) is 3.99. The van der Waals surface area contributed by atoms with Gasteiger partial charge in [0.2, 0.25) is 5.91 Å². The molecular weight excluding hydrogens is 224 g/mol. The largest absolute Gasteiger partial charge is 0.341 e. The van der Waals surface area contributed by atoms with Gasteiger partial charge in [-0.2, -0.15) is 0 Å². The lowest BCUT2D eigenvalue weighted by atomic mass is 9.78. The molecule has 18 heavy (non-hydrogen) atoms. The monoisotopic (exact) mass is 254 g/mol. The zero-order valence-electron chi connectivity index (χ0n) is 12.5. The van der Waals surface area contributed by atoms with Crippen molar-refractivity contribution in [3.05, 3.63) is 0 Å². The maximum Gasteiger partial charge on any atom is 0.239 e. The summed E-state index contributed by atoms with van der Waals surface area (Å²) >= 11 is 0. The number of nitrogens with zero attached hydrogens (tertiary/aromatic N) is 1. The molecule has 0 aromatic carbocycles. The van der Waals surface area contributed by atoms with Crippen LogP contribution in [0.5, 0.6) is 0 Å². The first kappa shape index (κ1) is 15.5. The molecule has 0 radical (unpaired) electrons. The first-order valence-electron chi connectivity index (χ1n) is 7.42. The lowest BCUT2D eigenvalue weighted by Crippen LogP contribution is -2.51. The number of nitrogens with two attached hydrogens (primary N) is 1. The average molecular weight is 254 g/mol. The van der Waals surface area contributed by atoms with Crippen molar-refractivity contribution >= 4 is 5.91 Å². The molecule has 1 fully saturated rings. The third kappa shape index (κ3) is 4.27. The number of amides is 1. The van der Waals surface area contributed by atoms with Gasteiger partial charge in [-0.1, -0.05) is 34.1 Å². The van der Waals surface area contributed by atoms with Crippen molar-refractivity contribution in [1.82, 2.24) is 4.90 Å². The topological polar surface area (TPSA) is 46.3 Å². The highest BCUT2D eigenvalue weighted by molar-refractivity contribution is 5.81. The Hall–Kier alpha value is -0.570. The molecule has 0 aliphatic carbocycles. The van der Waals surface area contributed by atoms with Crippen molar-refractivity contribution in [1.29, 1.82) is 0 Å². The summed E-state index contributed by atoms with van der Waals surface area (Å²) in [6, 6.07) is -0.311. The highest BCUT2D eigenvalue weighted by atomic mass is 16.2. The van der Waals surface area contributed by atoms with Gasteiger partial charge in [0.25, 0.3) is 0 Å². The van der Waals surface area contributed by atoms with Crippen LogP contribution in [0.15, 0.2) is 0 Å². The second-order valence-electron chi connectivity index (χ2n) is 6.66. The molecule has 0 aromatic rings. The van der Waals surface area contributed by atoms with E-state index >= 15 is 0 Å². The molecule has 0 saturated carbocycles. The molecular formula is C15H30N2O. The molecule has 3 heteroatoms. The Morgan fingerprint density at radius 1 is 1.44 bits per heavy atom. The molecule has 1 heterocycles. The third-order valence-electron chi connectivity index (χ3n) is 3.99. The first-order chi connectivity index (χ1) is 8.38. The van der Waals surface area contributed by atoms with Gasteiger partial charge < -0.3 is 10.6 Å². The first-order valence-corrected chi connectivity index (χ1v) is 7.42. The van der Waals surface area contributed by atoms with E-state index in [4.69, 9.17) is 5.73 Å². The summed E-state index contributed by atoms with van der Waals surface area (Å²) in [5.41, 5.74) is 6.33. The van der Waals surface area contributed by atoms with E-state index in [9.17, 15) is 4.79 Å². The van der Waals surface area contributed by atoms with Crippen molar-refractivity contribution in [3.63, 3.8) is 0 Å². The summed E-state index contributed by atoms with van der Waals surface area (Å²) in [7, 11) is 0. The molecule has 2 atom stereocenters. The fourth-order valence-corrected chi connectivity index (χ4v) is 3.15. The molecule has 1 unspecified atom stereocenters. The van der Waals surface area contributed by atoms with E-state index in [0.717, 1.165) is 25.9 Å². The highest BCUT2D eigenvalue weighted by Crippen LogP contribution is 2.34. The molecule has 1 aliphatic heterocycles. The lowest BCUT2D eigenvalue weighted by molar-refractivity contribution is -0.136. The van der Waals surface area contributed by atoms with E-state index in [2.05, 4.69) is 27.7 Å². The van der Waals surface area contributed by atoms with E-state index in [-0.39, 0.29) is 11.9 Å². The fourth-order valence-electron chi connectivity index (χ4n) is 3.15. The second-order valence-corrected chi connectivity index (χ2v) is 6.66. The molecule has 1 rings (SSSR count). The molecule has 106 valence electrons. The van der Waals surface area contributed by atoms with Crippen LogP contribution in [0, 0.1) is 11.3 Å². The van der Waals surface area contributed by atoms with Gasteiger partial charge in [0.15, 0.2) is 0 Å². The average Bonchev–Trinajstić information content (AvgIpc) is 2.27. The van der Waals surface area contributed by atoms with Gasteiger partial charge in [0.1, 0.15) is 0 Å². The Labute approximate surface area is 112 Å². The number of rotatable bonds is 5. The van der Waals surface area contributed by atoms with Crippen LogP contribution in [0.1, 0.15) is 59.8 Å². The summed E-state index contributed by atoms with van der Waals surface area (Å²) in [6.07, 6.45) is 5.55. The number of carbonyl (C=O) groups excluding carboxylic acids is 1. The van der Waals surface area contributed by atoms with Crippen LogP contribution in [0.3, 0.4) is 0 Å². The van der Waals surface area contributed by atoms with Gasteiger partial charge in [-0.25, -0.2) is 0 Å². The fraction of sp³-hybridized carbons (Fsp3) is 0.933. The van der Waals surface area contributed by atoms with Crippen molar-refractivity contribution in [2.45, 2.75) is 65.8 Å². The SMILES string of the molecule is CCCC1(C)CCCN(C(=O)[C@@H](N)CC(C)C)C1. The van der Waals surface area contributed by atoms with E-state index in [1.165, 1.54) is 19.3 Å². The van der Waals surface area contributed by atoms with Crippen molar-refractivity contribution in [2.75, 3.05) is 13.1 Å². The van der Waals surface area contributed by atoms with Crippen LogP contribution in [-0.4, -0.2) is 29.9 Å². The zero-order valence-corrected chi connectivity index (χ0v) is 12.5. The van der Waals surface area contributed by atoms with Crippen LogP contribution in [-0.2, 0) is 4.79 Å². The normalized spacial score (nSPS) is 26.4. The van der Waals surface area contributed by atoms with Crippen LogP contribution >= 0.6 is 0 Å². The summed E-state index contributed by atoms with van der Waals surface area (Å²) in [6.45, 7) is 10.5. The minimum absolute atomic E-state index is 0.158. The quantitative estimate of drug-likeness (QED) is 0.820. The lowest BCUT2D eigenvalue weighted by Gasteiger charge is -2.41. The van der Waals surface area contributed by atoms with E-state index in [1.54, 1.807) is 0 Å². The molecule has 1 saturated heterocycles. The van der Waals surface area contributed by atoms with Crippen molar-refractivity contribution < 1.29 is 4.79 Å². The van der Waals surface area contributed by atoms with Gasteiger partial charge in [0, 0.05) is 13.1 Å². The van der Waals surface area contributed by atoms with Gasteiger partial charge in [-0.3, -0.25) is 4.79 Å². The molecule has 3 nitrogen and oxygen atoms in total. The molecule has 0 spiro atoms. The van der Waals surface area contributed by atoms with Crippen molar-refractivity contribution in [2.24, 2.45) is 17.1 Å². The molecule has 0 aromatic heterocycles. The number of piperidine rings is 1. The standard InChI is InChI=1S/C15H30N2O/c1-5-7-15(4)8-6-9-17(11-15)14(18)13(16)10-12(2)3/h12-13H,5-11,16H2,1-4H3/t13-,15?/m0/s1. The summed E-state index contributed by atoms with van der Waals surface area (Å²) in [5.74, 6) is 0.640. The second kappa shape index (κ2) is 6.55. The number of likely N-dealkylation sites (tertiary alicyclic amines) is 1. The predicted molar refractivity (Wildman–Crippen MR) is 76.3 cm³/mol. The summed E-state index contributed by atoms with van der Waals surface area (Å²) in [5, 5.41) is 0. The van der Waals surface area contributed by atoms with Gasteiger partial charge in [0.05, 0.1) is 6.04 Å². The van der Waals surface area contributed by atoms with Gasteiger partial charge in [-0.15, -0.1) is 0 Å². The smallest absolute Gasteiger partial charge is 0.239 e. The Morgan fingerprint density at radius 3 is 2.67 bits per heavy atom. The number of hydrogen-bond donors (Lipinski definition) is 1. The highest BCUT2D eigenvalue weighted by Gasteiger charge is 2.33. The van der Waals surface area contributed by atoms with E-state index in [1.807, 2.05) is 4.90 Å². The summed E-state index contributed by atoms with van der Waals surface area (Å²) < 4.78 is 0. The minimum atomic E-state index is -0.311.